The van der Waals surface area contributed by atoms with E-state index in [0.717, 1.165) is 30.2 Å². The number of nitrogens with zero attached hydrogens (tertiary/aromatic N) is 2. The number of likely N-dealkylation sites (N-methyl/N-ethyl adjacent to an activating group) is 1. The van der Waals surface area contributed by atoms with Crippen LogP contribution in [0.3, 0.4) is 0 Å². The van der Waals surface area contributed by atoms with Crippen molar-refractivity contribution in [1.82, 2.24) is 15.3 Å². The standard InChI is InChI=1S/C11H15N3O/c1-8-6-13-11(14-7-8)10(12-2)9-4-3-5-15-9/h4,6-7,10,12H,3,5H2,1-2H3. The van der Waals surface area contributed by atoms with Gasteiger partial charge in [-0.2, -0.15) is 0 Å². The van der Waals surface area contributed by atoms with Crippen LogP contribution in [0, 0.1) is 6.92 Å². The summed E-state index contributed by atoms with van der Waals surface area (Å²) in [6, 6.07) is -0.0203. The molecular formula is C11H15N3O. The van der Waals surface area contributed by atoms with Crippen LogP contribution in [0.15, 0.2) is 24.2 Å². The van der Waals surface area contributed by atoms with Crippen molar-refractivity contribution < 1.29 is 4.74 Å². The van der Waals surface area contributed by atoms with E-state index in [4.69, 9.17) is 4.74 Å². The predicted molar refractivity (Wildman–Crippen MR) is 57.2 cm³/mol. The lowest BCUT2D eigenvalue weighted by Gasteiger charge is -2.15. The number of ether oxygens (including phenoxy) is 1. The SMILES string of the molecule is CNC(C1=CCCO1)c1ncc(C)cn1. The number of aryl methyl sites for hydroxylation is 1. The van der Waals surface area contributed by atoms with Crippen LogP contribution < -0.4 is 5.32 Å². The Morgan fingerprint density at radius 3 is 2.67 bits per heavy atom. The molecule has 0 aromatic carbocycles. The van der Waals surface area contributed by atoms with E-state index in [1.54, 1.807) is 0 Å². The monoisotopic (exact) mass is 205 g/mol. The van der Waals surface area contributed by atoms with Crippen molar-refractivity contribution >= 4 is 0 Å². The molecule has 0 amide bonds. The lowest BCUT2D eigenvalue weighted by molar-refractivity contribution is 0.215. The molecule has 0 bridgehead atoms. The maximum absolute atomic E-state index is 5.51. The molecule has 2 heterocycles. The van der Waals surface area contributed by atoms with Crippen LogP contribution in [0.4, 0.5) is 0 Å². The molecule has 0 radical (unpaired) electrons. The molecule has 1 aliphatic heterocycles. The normalized spacial score (nSPS) is 17.1. The van der Waals surface area contributed by atoms with Gasteiger partial charge in [-0.25, -0.2) is 9.97 Å². The van der Waals surface area contributed by atoms with Crippen LogP contribution >= 0.6 is 0 Å². The smallest absolute Gasteiger partial charge is 0.152 e. The first kappa shape index (κ1) is 10.1. The van der Waals surface area contributed by atoms with E-state index in [-0.39, 0.29) is 6.04 Å². The minimum absolute atomic E-state index is 0.0203. The zero-order valence-electron chi connectivity index (χ0n) is 9.03. The third-order valence-electron chi connectivity index (χ3n) is 2.36. The fourth-order valence-electron chi connectivity index (χ4n) is 1.59. The van der Waals surface area contributed by atoms with E-state index in [1.807, 2.05) is 26.4 Å². The second-order valence-corrected chi connectivity index (χ2v) is 3.58. The Kier molecular flexibility index (Phi) is 2.97. The van der Waals surface area contributed by atoms with Gasteiger partial charge in [-0.15, -0.1) is 0 Å². The highest BCUT2D eigenvalue weighted by Crippen LogP contribution is 2.23. The van der Waals surface area contributed by atoms with E-state index in [9.17, 15) is 0 Å². The van der Waals surface area contributed by atoms with Gasteiger partial charge in [0.2, 0.25) is 0 Å². The maximum atomic E-state index is 5.51. The van der Waals surface area contributed by atoms with Crippen LogP contribution in [-0.2, 0) is 4.74 Å². The summed E-state index contributed by atoms with van der Waals surface area (Å²) < 4.78 is 5.51. The Balaban J connectivity index is 2.22. The van der Waals surface area contributed by atoms with Gasteiger partial charge in [-0.3, -0.25) is 0 Å². The highest BCUT2D eigenvalue weighted by atomic mass is 16.5. The highest BCUT2D eigenvalue weighted by Gasteiger charge is 2.21. The number of aromatic nitrogens is 2. The van der Waals surface area contributed by atoms with Gasteiger partial charge >= 0.3 is 0 Å². The molecule has 1 N–H and O–H groups in total. The van der Waals surface area contributed by atoms with Gasteiger partial charge in [0, 0.05) is 18.8 Å². The molecule has 15 heavy (non-hydrogen) atoms. The van der Waals surface area contributed by atoms with Gasteiger partial charge in [-0.05, 0) is 25.6 Å². The maximum Gasteiger partial charge on any atom is 0.152 e. The molecule has 0 saturated carbocycles. The number of hydrogen-bond donors (Lipinski definition) is 1. The van der Waals surface area contributed by atoms with E-state index in [2.05, 4.69) is 21.4 Å². The largest absolute Gasteiger partial charge is 0.496 e. The van der Waals surface area contributed by atoms with Crippen molar-refractivity contribution in [2.24, 2.45) is 0 Å². The van der Waals surface area contributed by atoms with Gasteiger partial charge in [0.15, 0.2) is 5.82 Å². The molecule has 0 fully saturated rings. The van der Waals surface area contributed by atoms with Gasteiger partial charge in [-0.1, -0.05) is 0 Å². The second kappa shape index (κ2) is 4.40. The van der Waals surface area contributed by atoms with Gasteiger partial charge in [0.25, 0.3) is 0 Å². The average Bonchev–Trinajstić information content (AvgIpc) is 2.75. The van der Waals surface area contributed by atoms with Gasteiger partial charge in [0.05, 0.1) is 6.61 Å². The third-order valence-corrected chi connectivity index (χ3v) is 2.36. The average molecular weight is 205 g/mol. The van der Waals surface area contributed by atoms with Crippen LogP contribution in [0.1, 0.15) is 23.9 Å². The van der Waals surface area contributed by atoms with Crippen molar-refractivity contribution in [1.29, 1.82) is 0 Å². The topological polar surface area (TPSA) is 47.0 Å². The predicted octanol–water partition coefficient (Wildman–Crippen LogP) is 1.35. The fraction of sp³-hybridized carbons (Fsp3) is 0.455. The molecule has 0 saturated heterocycles. The van der Waals surface area contributed by atoms with E-state index in [1.165, 1.54) is 0 Å². The van der Waals surface area contributed by atoms with Gasteiger partial charge in [0.1, 0.15) is 11.8 Å². The Morgan fingerprint density at radius 1 is 1.40 bits per heavy atom. The van der Waals surface area contributed by atoms with E-state index >= 15 is 0 Å². The number of hydrogen-bond acceptors (Lipinski definition) is 4. The van der Waals surface area contributed by atoms with Crippen molar-refractivity contribution in [3.8, 4) is 0 Å². The van der Waals surface area contributed by atoms with Crippen molar-refractivity contribution in [2.75, 3.05) is 13.7 Å². The van der Waals surface area contributed by atoms with E-state index < -0.39 is 0 Å². The molecule has 4 heteroatoms. The Morgan fingerprint density at radius 2 is 2.13 bits per heavy atom. The summed E-state index contributed by atoms with van der Waals surface area (Å²) in [5.74, 6) is 1.69. The quantitative estimate of drug-likeness (QED) is 0.809. The Labute approximate surface area is 89.4 Å². The summed E-state index contributed by atoms with van der Waals surface area (Å²) in [5, 5.41) is 3.16. The summed E-state index contributed by atoms with van der Waals surface area (Å²) in [6.07, 6.45) is 6.70. The van der Waals surface area contributed by atoms with Crippen LogP contribution in [-0.4, -0.2) is 23.6 Å². The third kappa shape index (κ3) is 2.15. The summed E-state index contributed by atoms with van der Waals surface area (Å²) in [6.45, 7) is 2.74. The molecule has 1 unspecified atom stereocenters. The first-order valence-corrected chi connectivity index (χ1v) is 5.10. The second-order valence-electron chi connectivity index (χ2n) is 3.58. The minimum Gasteiger partial charge on any atom is -0.496 e. The van der Waals surface area contributed by atoms with Crippen molar-refractivity contribution in [3.63, 3.8) is 0 Å². The van der Waals surface area contributed by atoms with Crippen LogP contribution in [0.5, 0.6) is 0 Å². The number of rotatable bonds is 3. The summed E-state index contributed by atoms with van der Waals surface area (Å²) >= 11 is 0. The molecule has 0 spiro atoms. The molecule has 1 aromatic rings. The molecule has 1 aliphatic rings. The Bertz CT molecular complexity index is 359. The van der Waals surface area contributed by atoms with E-state index in [0.29, 0.717) is 0 Å². The molecule has 80 valence electrons. The Hall–Kier alpha value is -1.42. The van der Waals surface area contributed by atoms with Gasteiger partial charge < -0.3 is 10.1 Å². The van der Waals surface area contributed by atoms with Crippen molar-refractivity contribution in [2.45, 2.75) is 19.4 Å². The first-order valence-electron chi connectivity index (χ1n) is 5.10. The highest BCUT2D eigenvalue weighted by molar-refractivity contribution is 5.16. The molecule has 1 aromatic heterocycles. The molecule has 4 nitrogen and oxygen atoms in total. The molecular weight excluding hydrogens is 190 g/mol. The van der Waals surface area contributed by atoms with Crippen molar-refractivity contribution in [3.05, 3.63) is 35.6 Å². The zero-order valence-corrected chi connectivity index (χ0v) is 9.03. The minimum atomic E-state index is -0.0203. The lowest BCUT2D eigenvalue weighted by Crippen LogP contribution is -2.21. The summed E-state index contributed by atoms with van der Waals surface area (Å²) in [4.78, 5) is 8.60. The van der Waals surface area contributed by atoms with Crippen LogP contribution in [0.2, 0.25) is 0 Å². The fourth-order valence-corrected chi connectivity index (χ4v) is 1.59. The number of nitrogens with one attached hydrogen (secondary N) is 1. The molecule has 2 rings (SSSR count). The summed E-state index contributed by atoms with van der Waals surface area (Å²) in [5.41, 5.74) is 1.06. The van der Waals surface area contributed by atoms with Crippen LogP contribution in [0.25, 0.3) is 0 Å². The zero-order chi connectivity index (χ0) is 10.7. The lowest BCUT2D eigenvalue weighted by atomic mass is 10.2. The molecule has 0 aliphatic carbocycles. The first-order chi connectivity index (χ1) is 7.31. The summed E-state index contributed by atoms with van der Waals surface area (Å²) in [7, 11) is 1.89. The molecule has 1 atom stereocenters.